The first-order chi connectivity index (χ1) is 18.5. The first kappa shape index (κ1) is 24.7. The quantitative estimate of drug-likeness (QED) is 0.293. The van der Waals surface area contributed by atoms with Crippen LogP contribution in [-0.4, -0.2) is 33.2 Å². The first-order valence-electron chi connectivity index (χ1n) is 11.6. The number of para-hydroxylation sites is 2. The fourth-order valence-electron chi connectivity index (χ4n) is 5.03. The molecule has 0 fully saturated rings. The summed E-state index contributed by atoms with van der Waals surface area (Å²) in [7, 11) is 0. The van der Waals surface area contributed by atoms with E-state index in [1.54, 1.807) is 18.2 Å². The van der Waals surface area contributed by atoms with Crippen LogP contribution in [0.4, 0.5) is 32.0 Å². The maximum Gasteiger partial charge on any atom is 0.435 e. The van der Waals surface area contributed by atoms with Gasteiger partial charge in [0.15, 0.2) is 11.4 Å². The molecule has 6 rings (SSSR count). The van der Waals surface area contributed by atoms with E-state index >= 15 is 0 Å². The average Bonchev–Trinajstić information content (AvgIpc) is 3.54. The van der Waals surface area contributed by atoms with E-state index in [2.05, 4.69) is 10.2 Å². The van der Waals surface area contributed by atoms with Gasteiger partial charge in [-0.3, -0.25) is 4.79 Å². The number of hydrogen-bond acceptors (Lipinski definition) is 4. The number of carbonyl (C=O) groups excluding carboxylic acids is 1. The molecule has 0 N–H and O–H groups in total. The minimum Gasteiger partial charge on any atom is -0.453 e. The van der Waals surface area contributed by atoms with Gasteiger partial charge in [-0.25, -0.2) is 4.68 Å². The van der Waals surface area contributed by atoms with Crippen molar-refractivity contribution >= 4 is 17.3 Å². The fraction of sp³-hybridized carbons (Fsp3) is 0.148. The van der Waals surface area contributed by atoms with Crippen LogP contribution < -0.4 is 9.75 Å². The number of amides is 1. The van der Waals surface area contributed by atoms with Gasteiger partial charge in [-0.05, 0) is 29.8 Å². The SMILES string of the molecule is O=C1N(c2ccccc2)N=C(C(F)(F)F)C12Oc1c(c(C(F)(F)F)nn1-c1ccccc1)C2c1ccccc1. The number of anilines is 1. The minimum atomic E-state index is -5.24. The van der Waals surface area contributed by atoms with Gasteiger partial charge in [0.05, 0.1) is 22.9 Å². The molecule has 39 heavy (non-hydrogen) atoms. The van der Waals surface area contributed by atoms with Gasteiger partial charge >= 0.3 is 12.4 Å². The Bertz CT molecular complexity index is 1580. The van der Waals surface area contributed by atoms with E-state index in [4.69, 9.17) is 4.74 Å². The maximum absolute atomic E-state index is 14.7. The molecule has 2 aliphatic rings. The molecule has 2 aliphatic heterocycles. The zero-order valence-corrected chi connectivity index (χ0v) is 19.6. The van der Waals surface area contributed by atoms with Crippen LogP contribution in [0.15, 0.2) is 96.1 Å². The molecule has 4 aromatic rings. The Kier molecular flexibility index (Phi) is 5.35. The number of hydrogen-bond donors (Lipinski definition) is 0. The first-order valence-corrected chi connectivity index (χ1v) is 11.6. The second-order valence-electron chi connectivity index (χ2n) is 8.89. The summed E-state index contributed by atoms with van der Waals surface area (Å²) in [5, 5.41) is 7.86. The lowest BCUT2D eigenvalue weighted by Crippen LogP contribution is -2.57. The lowest BCUT2D eigenvalue weighted by atomic mass is 9.75. The van der Waals surface area contributed by atoms with Gasteiger partial charge in [0.2, 0.25) is 5.88 Å². The van der Waals surface area contributed by atoms with Gasteiger partial charge in [-0.1, -0.05) is 66.7 Å². The third-order valence-electron chi connectivity index (χ3n) is 6.56. The van der Waals surface area contributed by atoms with Crippen molar-refractivity contribution in [3.05, 3.63) is 108 Å². The highest BCUT2D eigenvalue weighted by molar-refractivity contribution is 6.25. The molecule has 1 spiro atoms. The van der Waals surface area contributed by atoms with Gasteiger partial charge in [0.1, 0.15) is 0 Å². The Morgan fingerprint density at radius 1 is 0.744 bits per heavy atom. The zero-order chi connectivity index (χ0) is 27.6. The predicted octanol–water partition coefficient (Wildman–Crippen LogP) is 6.12. The summed E-state index contributed by atoms with van der Waals surface area (Å²) >= 11 is 0. The summed E-state index contributed by atoms with van der Waals surface area (Å²) in [6, 6.07) is 21.9. The van der Waals surface area contributed by atoms with Crippen LogP contribution in [0.3, 0.4) is 0 Å². The van der Waals surface area contributed by atoms with Crippen LogP contribution in [0.25, 0.3) is 5.69 Å². The molecular formula is C27H16F6N4O2. The second-order valence-corrected chi connectivity index (χ2v) is 8.89. The number of benzene rings is 3. The topological polar surface area (TPSA) is 59.7 Å². The number of hydrazone groups is 1. The van der Waals surface area contributed by atoms with Crippen LogP contribution in [0.2, 0.25) is 0 Å². The van der Waals surface area contributed by atoms with Gasteiger partial charge in [0.25, 0.3) is 11.5 Å². The molecule has 2 atom stereocenters. The van der Waals surface area contributed by atoms with Gasteiger partial charge in [0, 0.05) is 0 Å². The Labute approximate surface area is 216 Å². The van der Waals surface area contributed by atoms with Crippen LogP contribution in [0, 0.1) is 0 Å². The normalized spacial score (nSPS) is 20.8. The van der Waals surface area contributed by atoms with Crippen molar-refractivity contribution in [1.29, 1.82) is 0 Å². The van der Waals surface area contributed by atoms with Gasteiger partial charge in [-0.2, -0.15) is 41.6 Å². The van der Waals surface area contributed by atoms with E-state index in [9.17, 15) is 31.1 Å². The number of halogens is 6. The highest BCUT2D eigenvalue weighted by atomic mass is 19.4. The summed E-state index contributed by atoms with van der Waals surface area (Å²) in [6.45, 7) is 0. The molecule has 12 heteroatoms. The molecule has 6 nitrogen and oxygen atoms in total. The van der Waals surface area contributed by atoms with Crippen molar-refractivity contribution < 1.29 is 35.9 Å². The van der Waals surface area contributed by atoms with Crippen LogP contribution >= 0.6 is 0 Å². The molecule has 2 unspecified atom stereocenters. The van der Waals surface area contributed by atoms with E-state index in [1.807, 2.05) is 0 Å². The summed E-state index contributed by atoms with van der Waals surface area (Å²) in [4.78, 5) is 14.0. The van der Waals surface area contributed by atoms with Crippen LogP contribution in [0.5, 0.6) is 5.88 Å². The molecule has 0 saturated carbocycles. The van der Waals surface area contributed by atoms with E-state index in [0.717, 1.165) is 4.68 Å². The monoisotopic (exact) mass is 542 g/mol. The third-order valence-corrected chi connectivity index (χ3v) is 6.56. The Morgan fingerprint density at radius 2 is 1.28 bits per heavy atom. The largest absolute Gasteiger partial charge is 0.453 e. The molecule has 1 amide bonds. The number of ether oxygens (including phenoxy) is 1. The summed E-state index contributed by atoms with van der Waals surface area (Å²) in [5.41, 5.74) is -6.70. The predicted molar refractivity (Wildman–Crippen MR) is 128 cm³/mol. The molecular weight excluding hydrogens is 526 g/mol. The number of nitrogens with zero attached hydrogens (tertiary/aromatic N) is 4. The van der Waals surface area contributed by atoms with Crippen LogP contribution in [0.1, 0.15) is 22.7 Å². The molecule has 3 heterocycles. The Hall–Kier alpha value is -4.61. The van der Waals surface area contributed by atoms with Gasteiger partial charge in [-0.15, -0.1) is 0 Å². The van der Waals surface area contributed by atoms with E-state index in [-0.39, 0.29) is 16.9 Å². The van der Waals surface area contributed by atoms with Crippen molar-refractivity contribution in [2.45, 2.75) is 23.9 Å². The fourth-order valence-corrected chi connectivity index (χ4v) is 5.03. The molecule has 198 valence electrons. The number of carbonyl (C=O) groups is 1. The van der Waals surface area contributed by atoms with Crippen molar-refractivity contribution in [2.75, 3.05) is 5.01 Å². The van der Waals surface area contributed by atoms with Crippen molar-refractivity contribution in [3.63, 3.8) is 0 Å². The number of fused-ring (bicyclic) bond motifs is 1. The number of alkyl halides is 6. The minimum absolute atomic E-state index is 0.00502. The van der Waals surface area contributed by atoms with E-state index in [1.165, 1.54) is 72.8 Å². The standard InChI is InChI=1S/C27H16F6N4O2/c28-26(29,30)21-19-20(16-10-4-1-5-11-16)25(39-22(19)36(34-21)17-12-6-2-7-13-17)23(27(31,32)33)35-37(24(25)38)18-14-8-3-9-15-18/h1-15,20H. The van der Waals surface area contributed by atoms with Crippen LogP contribution in [-0.2, 0) is 11.0 Å². The summed E-state index contributed by atoms with van der Waals surface area (Å²) < 4.78 is 93.9. The van der Waals surface area contributed by atoms with Crippen molar-refractivity contribution in [2.24, 2.45) is 5.10 Å². The highest BCUT2D eigenvalue weighted by Crippen LogP contribution is 2.57. The third kappa shape index (κ3) is 3.69. The summed E-state index contributed by atoms with van der Waals surface area (Å²) in [5.74, 6) is -3.77. The molecule has 1 aromatic heterocycles. The van der Waals surface area contributed by atoms with Gasteiger partial charge < -0.3 is 4.74 Å². The molecule has 0 bridgehead atoms. The lowest BCUT2D eigenvalue weighted by Gasteiger charge is -2.31. The molecule has 0 saturated heterocycles. The van der Waals surface area contributed by atoms with E-state index in [0.29, 0.717) is 5.01 Å². The molecule has 0 radical (unpaired) electrons. The van der Waals surface area contributed by atoms with Crippen molar-refractivity contribution in [1.82, 2.24) is 9.78 Å². The Morgan fingerprint density at radius 3 is 1.82 bits per heavy atom. The number of rotatable bonds is 3. The lowest BCUT2D eigenvalue weighted by molar-refractivity contribution is -0.142. The smallest absolute Gasteiger partial charge is 0.435 e. The summed E-state index contributed by atoms with van der Waals surface area (Å²) in [6.07, 6.45) is -10.3. The Balaban J connectivity index is 1.67. The van der Waals surface area contributed by atoms with E-state index < -0.39 is 52.6 Å². The maximum atomic E-state index is 14.7. The second kappa shape index (κ2) is 8.45. The highest BCUT2D eigenvalue weighted by Gasteiger charge is 2.72. The zero-order valence-electron chi connectivity index (χ0n) is 19.6. The number of aromatic nitrogens is 2. The molecule has 3 aromatic carbocycles. The molecule has 0 aliphatic carbocycles. The average molecular weight is 542 g/mol. The van der Waals surface area contributed by atoms with Crippen molar-refractivity contribution in [3.8, 4) is 11.6 Å².